The van der Waals surface area contributed by atoms with Crippen LogP contribution in [0.4, 0.5) is 4.39 Å². The van der Waals surface area contributed by atoms with Gasteiger partial charge in [-0.05, 0) is 42.6 Å². The predicted octanol–water partition coefficient (Wildman–Crippen LogP) is 4.76. The standard InChI is InChI=1S/C17H19ClFN/c1-2-20-17(11-8-13-6-4-3-5-7-13)14-9-10-15(18)16(19)12-14/h3-7,9-10,12,17,20H,2,8,11H2,1H3. The van der Waals surface area contributed by atoms with Crippen LogP contribution >= 0.6 is 11.6 Å². The lowest BCUT2D eigenvalue weighted by molar-refractivity contribution is 0.511. The van der Waals surface area contributed by atoms with Crippen molar-refractivity contribution in [3.05, 3.63) is 70.5 Å². The van der Waals surface area contributed by atoms with Gasteiger partial charge in [-0.15, -0.1) is 0 Å². The third-order valence-corrected chi connectivity index (χ3v) is 3.67. The largest absolute Gasteiger partial charge is 0.310 e. The Morgan fingerprint density at radius 2 is 1.90 bits per heavy atom. The minimum atomic E-state index is -0.355. The average Bonchev–Trinajstić information content (AvgIpc) is 2.47. The zero-order valence-electron chi connectivity index (χ0n) is 11.6. The molecule has 0 amide bonds. The zero-order valence-corrected chi connectivity index (χ0v) is 12.3. The van der Waals surface area contributed by atoms with Gasteiger partial charge in [-0.3, -0.25) is 0 Å². The van der Waals surface area contributed by atoms with Crippen molar-refractivity contribution in [2.75, 3.05) is 6.54 Å². The van der Waals surface area contributed by atoms with Gasteiger partial charge in [0.1, 0.15) is 5.82 Å². The van der Waals surface area contributed by atoms with Crippen LogP contribution in [0.15, 0.2) is 48.5 Å². The van der Waals surface area contributed by atoms with Crippen molar-refractivity contribution in [2.45, 2.75) is 25.8 Å². The van der Waals surface area contributed by atoms with Gasteiger partial charge in [0, 0.05) is 6.04 Å². The van der Waals surface area contributed by atoms with Crippen molar-refractivity contribution in [1.29, 1.82) is 0 Å². The highest BCUT2D eigenvalue weighted by atomic mass is 35.5. The van der Waals surface area contributed by atoms with Crippen LogP contribution < -0.4 is 5.32 Å². The van der Waals surface area contributed by atoms with E-state index < -0.39 is 0 Å². The highest BCUT2D eigenvalue weighted by molar-refractivity contribution is 6.30. The molecule has 1 atom stereocenters. The lowest BCUT2D eigenvalue weighted by Crippen LogP contribution is -2.21. The number of aryl methyl sites for hydroxylation is 1. The molecule has 0 aliphatic rings. The molecule has 2 aromatic rings. The number of nitrogens with one attached hydrogen (secondary N) is 1. The molecule has 0 saturated heterocycles. The van der Waals surface area contributed by atoms with Crippen LogP contribution in [0.25, 0.3) is 0 Å². The second-order valence-electron chi connectivity index (χ2n) is 4.81. The van der Waals surface area contributed by atoms with Crippen LogP contribution in [0.1, 0.15) is 30.5 Å². The number of benzene rings is 2. The van der Waals surface area contributed by atoms with Crippen LogP contribution in [0.5, 0.6) is 0 Å². The summed E-state index contributed by atoms with van der Waals surface area (Å²) in [5.41, 5.74) is 2.24. The fourth-order valence-corrected chi connectivity index (χ4v) is 2.44. The number of hydrogen-bond acceptors (Lipinski definition) is 1. The summed E-state index contributed by atoms with van der Waals surface area (Å²) in [4.78, 5) is 0. The van der Waals surface area contributed by atoms with Gasteiger partial charge in [0.05, 0.1) is 5.02 Å². The fourth-order valence-electron chi connectivity index (χ4n) is 2.32. The summed E-state index contributed by atoms with van der Waals surface area (Å²) in [6.45, 7) is 2.91. The first-order valence-corrected chi connectivity index (χ1v) is 7.30. The van der Waals surface area contributed by atoms with Gasteiger partial charge in [0.25, 0.3) is 0 Å². The molecule has 1 unspecified atom stereocenters. The van der Waals surface area contributed by atoms with Crippen LogP contribution in [-0.2, 0) is 6.42 Å². The van der Waals surface area contributed by atoms with Gasteiger partial charge in [0.2, 0.25) is 0 Å². The maximum Gasteiger partial charge on any atom is 0.142 e. The molecule has 0 heterocycles. The fraction of sp³-hybridized carbons (Fsp3) is 0.294. The molecule has 0 aromatic heterocycles. The quantitative estimate of drug-likeness (QED) is 0.809. The van der Waals surface area contributed by atoms with E-state index in [-0.39, 0.29) is 16.9 Å². The summed E-state index contributed by atoms with van der Waals surface area (Å²) in [5, 5.41) is 3.58. The maximum atomic E-state index is 13.6. The van der Waals surface area contributed by atoms with Crippen LogP contribution in [0, 0.1) is 5.82 Å². The second-order valence-corrected chi connectivity index (χ2v) is 5.22. The number of halogens is 2. The van der Waals surface area contributed by atoms with Crippen molar-refractivity contribution >= 4 is 11.6 Å². The molecule has 106 valence electrons. The summed E-state index contributed by atoms with van der Waals surface area (Å²) in [5.74, 6) is -0.355. The Morgan fingerprint density at radius 1 is 1.15 bits per heavy atom. The summed E-state index contributed by atoms with van der Waals surface area (Å²) >= 11 is 5.74. The topological polar surface area (TPSA) is 12.0 Å². The first kappa shape index (κ1) is 15.0. The highest BCUT2D eigenvalue weighted by Gasteiger charge is 2.12. The predicted molar refractivity (Wildman–Crippen MR) is 82.6 cm³/mol. The molecule has 3 heteroatoms. The lowest BCUT2D eigenvalue weighted by Gasteiger charge is -2.18. The first-order valence-electron chi connectivity index (χ1n) is 6.93. The van der Waals surface area contributed by atoms with E-state index in [1.165, 1.54) is 11.6 Å². The van der Waals surface area contributed by atoms with E-state index in [4.69, 9.17) is 11.6 Å². The van der Waals surface area contributed by atoms with Gasteiger partial charge in [-0.25, -0.2) is 4.39 Å². The smallest absolute Gasteiger partial charge is 0.142 e. The molecule has 1 N–H and O–H groups in total. The Bertz CT molecular complexity index is 542. The Labute approximate surface area is 124 Å². The average molecular weight is 292 g/mol. The van der Waals surface area contributed by atoms with E-state index in [9.17, 15) is 4.39 Å². The number of rotatable bonds is 6. The molecular weight excluding hydrogens is 273 g/mol. The van der Waals surface area contributed by atoms with Crippen molar-refractivity contribution in [1.82, 2.24) is 5.32 Å². The molecule has 20 heavy (non-hydrogen) atoms. The molecule has 2 rings (SSSR count). The minimum absolute atomic E-state index is 0.145. The van der Waals surface area contributed by atoms with Gasteiger partial charge in [-0.1, -0.05) is 54.9 Å². The first-order chi connectivity index (χ1) is 9.70. The Hall–Kier alpha value is -1.38. The molecule has 0 aliphatic carbocycles. The summed E-state index contributed by atoms with van der Waals surface area (Å²) < 4.78 is 13.6. The third kappa shape index (κ3) is 4.06. The molecule has 0 spiro atoms. The molecule has 1 nitrogen and oxygen atoms in total. The molecule has 0 saturated carbocycles. The Kier molecular flexibility index (Phi) is 5.57. The maximum absolute atomic E-state index is 13.6. The van der Waals surface area contributed by atoms with Gasteiger partial charge < -0.3 is 5.32 Å². The third-order valence-electron chi connectivity index (χ3n) is 3.36. The molecule has 0 bridgehead atoms. The molecule has 2 aromatic carbocycles. The van der Waals surface area contributed by atoms with E-state index in [0.29, 0.717) is 0 Å². The highest BCUT2D eigenvalue weighted by Crippen LogP contribution is 2.23. The zero-order chi connectivity index (χ0) is 14.4. The Morgan fingerprint density at radius 3 is 2.55 bits per heavy atom. The van der Waals surface area contributed by atoms with Crippen LogP contribution in [0.3, 0.4) is 0 Å². The summed E-state index contributed by atoms with van der Waals surface area (Å²) in [6, 6.07) is 15.5. The molecule has 0 aliphatic heterocycles. The van der Waals surface area contributed by atoms with Crippen molar-refractivity contribution < 1.29 is 4.39 Å². The molecular formula is C17H19ClFN. The van der Waals surface area contributed by atoms with Crippen LogP contribution in [-0.4, -0.2) is 6.54 Å². The SMILES string of the molecule is CCNC(CCc1ccccc1)c1ccc(Cl)c(F)c1. The van der Waals surface area contributed by atoms with E-state index in [0.717, 1.165) is 24.9 Å². The lowest BCUT2D eigenvalue weighted by atomic mass is 9.99. The van der Waals surface area contributed by atoms with E-state index in [1.807, 2.05) is 24.3 Å². The van der Waals surface area contributed by atoms with E-state index in [1.54, 1.807) is 6.07 Å². The Balaban J connectivity index is 2.08. The normalized spacial score (nSPS) is 12.3. The molecule has 0 radical (unpaired) electrons. The van der Waals surface area contributed by atoms with Crippen LogP contribution in [0.2, 0.25) is 5.02 Å². The monoisotopic (exact) mass is 291 g/mol. The van der Waals surface area contributed by atoms with Crippen molar-refractivity contribution in [2.24, 2.45) is 0 Å². The van der Waals surface area contributed by atoms with E-state index >= 15 is 0 Å². The summed E-state index contributed by atoms with van der Waals surface area (Å²) in [7, 11) is 0. The summed E-state index contributed by atoms with van der Waals surface area (Å²) in [6.07, 6.45) is 1.89. The molecule has 0 fully saturated rings. The minimum Gasteiger partial charge on any atom is -0.310 e. The van der Waals surface area contributed by atoms with Gasteiger partial charge in [-0.2, -0.15) is 0 Å². The van der Waals surface area contributed by atoms with Gasteiger partial charge >= 0.3 is 0 Å². The van der Waals surface area contributed by atoms with Crippen molar-refractivity contribution in [3.8, 4) is 0 Å². The van der Waals surface area contributed by atoms with Crippen molar-refractivity contribution in [3.63, 3.8) is 0 Å². The van der Waals surface area contributed by atoms with Gasteiger partial charge in [0.15, 0.2) is 0 Å². The second kappa shape index (κ2) is 7.41. The van der Waals surface area contributed by atoms with E-state index in [2.05, 4.69) is 24.4 Å². The number of hydrogen-bond donors (Lipinski definition) is 1.